The maximum atomic E-state index is 12.7. The maximum absolute atomic E-state index is 12.7. The van der Waals surface area contributed by atoms with Gasteiger partial charge in [-0.3, -0.25) is 0 Å². The highest BCUT2D eigenvalue weighted by Gasteiger charge is 2.23. The molecule has 1 heterocycles. The minimum Gasteiger partial charge on any atom is -0.497 e. The van der Waals surface area contributed by atoms with E-state index >= 15 is 0 Å². The largest absolute Gasteiger partial charge is 0.497 e. The highest BCUT2D eigenvalue weighted by Crippen LogP contribution is 2.28. The number of nitrogens with zero attached hydrogens (tertiary/aromatic N) is 1. The van der Waals surface area contributed by atoms with Gasteiger partial charge in [-0.2, -0.15) is 0 Å². The highest BCUT2D eigenvalue weighted by atomic mass is 32.2. The van der Waals surface area contributed by atoms with Gasteiger partial charge in [0.1, 0.15) is 16.7 Å². The number of hydrogen-bond donors (Lipinski definition) is 0. The van der Waals surface area contributed by atoms with Crippen molar-refractivity contribution in [1.82, 2.24) is 4.31 Å². The number of methoxy groups -OCH3 is 1. The molecule has 0 radical (unpaired) electrons. The molecule has 5 heteroatoms. The summed E-state index contributed by atoms with van der Waals surface area (Å²) in [6.45, 7) is 6.79. The second-order valence-corrected chi connectivity index (χ2v) is 6.17. The number of ether oxygens (including phenoxy) is 2. The Labute approximate surface area is 117 Å². The van der Waals surface area contributed by atoms with Crippen molar-refractivity contribution in [2.45, 2.75) is 20.3 Å². The molecule has 0 bridgehead atoms. The summed E-state index contributed by atoms with van der Waals surface area (Å²) in [5.41, 5.74) is 2.17. The van der Waals surface area contributed by atoms with E-state index in [2.05, 4.69) is 0 Å². The molecule has 0 amide bonds. The SMILES string of the molecule is COC1=CCC(C)=C(S(=O)N2CCOCC2)C(C)=C1. The zero-order valence-electron chi connectivity index (χ0n) is 11.8. The molecule has 106 valence electrons. The van der Waals surface area contributed by atoms with Gasteiger partial charge in [-0.15, -0.1) is 0 Å². The van der Waals surface area contributed by atoms with Crippen molar-refractivity contribution in [2.24, 2.45) is 0 Å². The van der Waals surface area contributed by atoms with Gasteiger partial charge in [-0.25, -0.2) is 8.51 Å². The van der Waals surface area contributed by atoms with Gasteiger partial charge in [0.15, 0.2) is 0 Å². The first-order valence-electron chi connectivity index (χ1n) is 6.50. The van der Waals surface area contributed by atoms with Crippen LogP contribution in [0.2, 0.25) is 0 Å². The van der Waals surface area contributed by atoms with Crippen LogP contribution in [0, 0.1) is 0 Å². The summed E-state index contributed by atoms with van der Waals surface area (Å²) in [4.78, 5) is 0.935. The molecular formula is C14H21NO3S. The predicted octanol–water partition coefficient (Wildman–Crippen LogP) is 2.14. The van der Waals surface area contributed by atoms with Crippen molar-refractivity contribution in [3.8, 4) is 0 Å². The van der Waals surface area contributed by atoms with Crippen LogP contribution in [0.4, 0.5) is 0 Å². The molecule has 1 aliphatic carbocycles. The Morgan fingerprint density at radius 1 is 1.32 bits per heavy atom. The lowest BCUT2D eigenvalue weighted by molar-refractivity contribution is 0.0755. The Balaban J connectivity index is 2.24. The monoisotopic (exact) mass is 283 g/mol. The molecule has 1 atom stereocenters. The number of rotatable bonds is 3. The molecule has 0 aromatic carbocycles. The van der Waals surface area contributed by atoms with E-state index in [4.69, 9.17) is 9.47 Å². The van der Waals surface area contributed by atoms with Gasteiger partial charge in [0.2, 0.25) is 0 Å². The van der Waals surface area contributed by atoms with Crippen LogP contribution >= 0.6 is 0 Å². The Morgan fingerprint density at radius 2 is 2.00 bits per heavy atom. The fourth-order valence-electron chi connectivity index (χ4n) is 2.29. The second-order valence-electron chi connectivity index (χ2n) is 4.74. The molecule has 1 unspecified atom stereocenters. The lowest BCUT2D eigenvalue weighted by Crippen LogP contribution is -2.38. The topological polar surface area (TPSA) is 38.8 Å². The van der Waals surface area contributed by atoms with Gasteiger partial charge in [-0.1, -0.05) is 5.57 Å². The number of allylic oxidation sites excluding steroid dienone is 4. The third kappa shape index (κ3) is 3.35. The summed E-state index contributed by atoms with van der Waals surface area (Å²) in [5.74, 6) is 0.839. The minimum atomic E-state index is -1.11. The number of hydrogen-bond acceptors (Lipinski definition) is 3. The molecule has 0 aromatic heterocycles. The van der Waals surface area contributed by atoms with Gasteiger partial charge in [0, 0.05) is 13.1 Å². The maximum Gasteiger partial charge on any atom is 0.127 e. The Hall–Kier alpha value is -0.910. The van der Waals surface area contributed by atoms with Crippen molar-refractivity contribution in [2.75, 3.05) is 33.4 Å². The minimum absolute atomic E-state index is 0.655. The van der Waals surface area contributed by atoms with Crippen molar-refractivity contribution in [3.63, 3.8) is 0 Å². The second kappa shape index (κ2) is 6.50. The van der Waals surface area contributed by atoms with E-state index in [1.54, 1.807) is 7.11 Å². The van der Waals surface area contributed by atoms with E-state index in [0.717, 1.165) is 41.3 Å². The summed E-state index contributed by atoms with van der Waals surface area (Å²) in [6, 6.07) is 0. The van der Waals surface area contributed by atoms with Crippen molar-refractivity contribution < 1.29 is 13.7 Å². The van der Waals surface area contributed by atoms with Crippen LogP contribution in [0.3, 0.4) is 0 Å². The molecule has 2 aliphatic rings. The number of morpholine rings is 1. The lowest BCUT2D eigenvalue weighted by atomic mass is 10.1. The molecule has 0 spiro atoms. The summed E-state index contributed by atoms with van der Waals surface area (Å²) in [7, 11) is 0.556. The molecule has 4 nitrogen and oxygen atoms in total. The van der Waals surface area contributed by atoms with Crippen LogP contribution in [-0.2, 0) is 20.5 Å². The van der Waals surface area contributed by atoms with Crippen LogP contribution in [0.25, 0.3) is 0 Å². The fraction of sp³-hybridized carbons (Fsp3) is 0.571. The third-order valence-electron chi connectivity index (χ3n) is 3.33. The van der Waals surface area contributed by atoms with Crippen molar-refractivity contribution in [1.29, 1.82) is 0 Å². The molecule has 19 heavy (non-hydrogen) atoms. The quantitative estimate of drug-likeness (QED) is 0.796. The molecule has 1 fully saturated rings. The third-order valence-corrected chi connectivity index (χ3v) is 5.18. The van der Waals surface area contributed by atoms with Crippen LogP contribution in [0.5, 0.6) is 0 Å². The molecule has 1 saturated heterocycles. The van der Waals surface area contributed by atoms with Crippen LogP contribution in [-0.4, -0.2) is 41.9 Å². The van der Waals surface area contributed by atoms with E-state index in [9.17, 15) is 4.21 Å². The average molecular weight is 283 g/mol. The van der Waals surface area contributed by atoms with Gasteiger partial charge < -0.3 is 9.47 Å². The first-order valence-corrected chi connectivity index (χ1v) is 7.61. The standard InChI is InChI=1S/C14H21NO3S/c1-11-4-5-13(17-3)10-12(2)14(11)19(16)15-6-8-18-9-7-15/h5,10H,4,6-9H2,1-3H3. The van der Waals surface area contributed by atoms with E-state index in [-0.39, 0.29) is 0 Å². The summed E-state index contributed by atoms with van der Waals surface area (Å²) in [6.07, 6.45) is 4.77. The normalized spacial score (nSPS) is 23.5. The average Bonchev–Trinajstić information content (AvgIpc) is 2.57. The van der Waals surface area contributed by atoms with Crippen molar-refractivity contribution >= 4 is 11.0 Å². The van der Waals surface area contributed by atoms with Crippen molar-refractivity contribution in [3.05, 3.63) is 34.0 Å². The van der Waals surface area contributed by atoms with Gasteiger partial charge >= 0.3 is 0 Å². The van der Waals surface area contributed by atoms with Gasteiger partial charge in [0.25, 0.3) is 0 Å². The highest BCUT2D eigenvalue weighted by molar-refractivity contribution is 7.87. The van der Waals surface area contributed by atoms with E-state index < -0.39 is 11.0 Å². The molecule has 2 rings (SSSR count). The molecule has 0 N–H and O–H groups in total. The van der Waals surface area contributed by atoms with Crippen LogP contribution in [0.1, 0.15) is 20.3 Å². The molecule has 0 aromatic rings. The molecule has 1 aliphatic heterocycles. The lowest BCUT2D eigenvalue weighted by Gasteiger charge is -2.27. The molecule has 0 saturated carbocycles. The van der Waals surface area contributed by atoms with E-state index in [1.807, 2.05) is 30.3 Å². The Bertz CT molecular complexity index is 459. The zero-order chi connectivity index (χ0) is 13.8. The van der Waals surface area contributed by atoms with Gasteiger partial charge in [0.05, 0.1) is 25.2 Å². The Morgan fingerprint density at radius 3 is 2.63 bits per heavy atom. The van der Waals surface area contributed by atoms with E-state index in [0.29, 0.717) is 13.2 Å². The van der Waals surface area contributed by atoms with Crippen LogP contribution in [0.15, 0.2) is 34.0 Å². The summed E-state index contributed by atoms with van der Waals surface area (Å²) < 4.78 is 25.3. The first-order chi connectivity index (χ1) is 9.13. The predicted molar refractivity (Wildman–Crippen MR) is 76.7 cm³/mol. The molecular weight excluding hydrogens is 262 g/mol. The van der Waals surface area contributed by atoms with Crippen LogP contribution < -0.4 is 0 Å². The van der Waals surface area contributed by atoms with Gasteiger partial charge in [-0.05, 0) is 38.0 Å². The summed E-state index contributed by atoms with van der Waals surface area (Å²) in [5, 5.41) is 0. The smallest absolute Gasteiger partial charge is 0.127 e. The first kappa shape index (κ1) is 14.5. The van der Waals surface area contributed by atoms with E-state index in [1.165, 1.54) is 0 Å². The summed E-state index contributed by atoms with van der Waals surface area (Å²) >= 11 is 0. The fourth-order valence-corrected chi connectivity index (χ4v) is 3.75. The Kier molecular flexibility index (Phi) is 4.96. The zero-order valence-corrected chi connectivity index (χ0v) is 12.6.